The minimum absolute atomic E-state index is 0.00605. The van der Waals surface area contributed by atoms with Crippen molar-refractivity contribution in [1.82, 2.24) is 4.98 Å². The number of nitriles is 1. The normalized spacial score (nSPS) is 9.86. The Morgan fingerprint density at radius 2 is 2.00 bits per heavy atom. The Morgan fingerprint density at radius 1 is 1.29 bits per heavy atom. The highest BCUT2D eigenvalue weighted by atomic mass is 14.7. The van der Waals surface area contributed by atoms with Crippen LogP contribution in [0.3, 0.4) is 0 Å². The maximum absolute atomic E-state index is 8.54. The van der Waals surface area contributed by atoms with E-state index in [0.29, 0.717) is 5.69 Å². The lowest BCUT2D eigenvalue weighted by molar-refractivity contribution is 0.571. The van der Waals surface area contributed by atoms with Crippen LogP contribution in [-0.4, -0.2) is 4.98 Å². The van der Waals surface area contributed by atoms with E-state index < -0.39 is 0 Å². The van der Waals surface area contributed by atoms with E-state index in [1.807, 2.05) is 12.1 Å². The Labute approximate surface area is 84.6 Å². The van der Waals surface area contributed by atoms with Crippen molar-refractivity contribution in [3.8, 4) is 17.9 Å². The summed E-state index contributed by atoms with van der Waals surface area (Å²) in [5.41, 5.74) is 1.26. The highest BCUT2D eigenvalue weighted by Gasteiger charge is 2.03. The molecule has 0 aromatic carbocycles. The minimum atomic E-state index is -0.00605. The van der Waals surface area contributed by atoms with Crippen LogP contribution in [0, 0.1) is 28.6 Å². The average molecular weight is 184 g/mol. The van der Waals surface area contributed by atoms with Crippen molar-refractivity contribution in [2.45, 2.75) is 20.8 Å². The maximum Gasteiger partial charge on any atom is 0.140 e. The second-order valence-corrected chi connectivity index (χ2v) is 4.04. The molecule has 0 unspecified atom stereocenters. The number of pyridine rings is 1. The summed E-state index contributed by atoms with van der Waals surface area (Å²) in [6.07, 6.45) is 1.62. The fourth-order valence-corrected chi connectivity index (χ4v) is 0.794. The molecule has 0 saturated heterocycles. The largest absolute Gasteiger partial charge is 0.244 e. The molecule has 70 valence electrons. The first-order chi connectivity index (χ1) is 6.51. The predicted octanol–water partition coefficient (Wildman–Crippen LogP) is 2.35. The van der Waals surface area contributed by atoms with Crippen molar-refractivity contribution in [3.63, 3.8) is 0 Å². The molecular formula is C12H12N2. The van der Waals surface area contributed by atoms with Crippen molar-refractivity contribution < 1.29 is 0 Å². The van der Waals surface area contributed by atoms with Crippen molar-refractivity contribution in [1.29, 1.82) is 5.26 Å². The van der Waals surface area contributed by atoms with Crippen molar-refractivity contribution in [2.24, 2.45) is 5.41 Å². The summed E-state index contributed by atoms with van der Waals surface area (Å²) >= 11 is 0. The second-order valence-electron chi connectivity index (χ2n) is 4.04. The molecule has 0 bridgehead atoms. The second kappa shape index (κ2) is 3.94. The minimum Gasteiger partial charge on any atom is -0.244 e. The molecule has 0 fully saturated rings. The summed E-state index contributed by atoms with van der Waals surface area (Å²) < 4.78 is 0. The molecule has 1 heterocycles. The molecule has 2 heteroatoms. The van der Waals surface area contributed by atoms with Gasteiger partial charge >= 0.3 is 0 Å². The van der Waals surface area contributed by atoms with Crippen LogP contribution in [0.25, 0.3) is 0 Å². The zero-order valence-electron chi connectivity index (χ0n) is 8.63. The van der Waals surface area contributed by atoms with E-state index in [4.69, 9.17) is 5.26 Å². The van der Waals surface area contributed by atoms with Gasteiger partial charge in [0.1, 0.15) is 11.8 Å². The van der Waals surface area contributed by atoms with Gasteiger partial charge in [0.15, 0.2) is 0 Å². The molecule has 0 aliphatic rings. The van der Waals surface area contributed by atoms with Crippen LogP contribution in [0.1, 0.15) is 32.0 Å². The van der Waals surface area contributed by atoms with Crippen LogP contribution in [0.15, 0.2) is 18.3 Å². The van der Waals surface area contributed by atoms with Gasteiger partial charge in [0.25, 0.3) is 0 Å². The van der Waals surface area contributed by atoms with Crippen LogP contribution in [0.4, 0.5) is 0 Å². The van der Waals surface area contributed by atoms with Gasteiger partial charge in [0.05, 0.1) is 0 Å². The molecule has 1 aromatic heterocycles. The number of rotatable bonds is 0. The van der Waals surface area contributed by atoms with Gasteiger partial charge in [-0.05, 0) is 32.9 Å². The van der Waals surface area contributed by atoms with Gasteiger partial charge in [-0.2, -0.15) is 5.26 Å². The highest BCUT2D eigenvalue weighted by molar-refractivity contribution is 5.35. The molecule has 0 radical (unpaired) electrons. The van der Waals surface area contributed by atoms with Gasteiger partial charge < -0.3 is 0 Å². The zero-order chi connectivity index (χ0) is 10.6. The summed E-state index contributed by atoms with van der Waals surface area (Å²) in [4.78, 5) is 3.93. The first kappa shape index (κ1) is 10.3. The molecule has 0 aliphatic heterocycles. The predicted molar refractivity (Wildman–Crippen MR) is 55.3 cm³/mol. The molecule has 1 rings (SSSR count). The van der Waals surface area contributed by atoms with E-state index >= 15 is 0 Å². The number of hydrogen-bond donors (Lipinski definition) is 0. The van der Waals surface area contributed by atoms with Gasteiger partial charge in [0, 0.05) is 17.2 Å². The summed E-state index contributed by atoms with van der Waals surface area (Å²) in [6.45, 7) is 6.16. The lowest BCUT2D eigenvalue weighted by atomic mass is 9.97. The number of hydrogen-bond acceptors (Lipinski definition) is 2. The SMILES string of the molecule is CC(C)(C)C#Cc1ccc(C#N)nc1. The Hall–Kier alpha value is -1.80. The van der Waals surface area contributed by atoms with E-state index in [1.165, 1.54) is 0 Å². The summed E-state index contributed by atoms with van der Waals surface area (Å²) in [7, 11) is 0. The molecule has 1 aromatic rings. The summed E-state index contributed by atoms with van der Waals surface area (Å²) in [6, 6.07) is 5.45. The maximum atomic E-state index is 8.54. The number of nitrogens with zero attached hydrogens (tertiary/aromatic N) is 2. The molecule has 14 heavy (non-hydrogen) atoms. The Bertz CT molecular complexity index is 405. The quantitative estimate of drug-likeness (QED) is 0.580. The molecular weight excluding hydrogens is 172 g/mol. The first-order valence-electron chi connectivity index (χ1n) is 4.40. The van der Waals surface area contributed by atoms with Gasteiger partial charge in [-0.1, -0.05) is 11.8 Å². The smallest absolute Gasteiger partial charge is 0.140 e. The fraction of sp³-hybridized carbons (Fsp3) is 0.333. The fourth-order valence-electron chi connectivity index (χ4n) is 0.794. The molecule has 0 amide bonds. The molecule has 0 spiro atoms. The molecule has 0 aliphatic carbocycles. The van der Waals surface area contributed by atoms with Gasteiger partial charge in [-0.3, -0.25) is 0 Å². The monoisotopic (exact) mass is 184 g/mol. The van der Waals surface area contributed by atoms with E-state index in [0.717, 1.165) is 5.56 Å². The van der Waals surface area contributed by atoms with Gasteiger partial charge in [-0.15, -0.1) is 0 Å². The van der Waals surface area contributed by atoms with Crippen LogP contribution in [0.5, 0.6) is 0 Å². The third-order valence-corrected chi connectivity index (χ3v) is 1.46. The van der Waals surface area contributed by atoms with Crippen LogP contribution >= 0.6 is 0 Å². The van der Waals surface area contributed by atoms with E-state index in [-0.39, 0.29) is 5.41 Å². The number of aromatic nitrogens is 1. The Balaban J connectivity index is 2.89. The van der Waals surface area contributed by atoms with Crippen molar-refractivity contribution >= 4 is 0 Å². The third-order valence-electron chi connectivity index (χ3n) is 1.46. The van der Waals surface area contributed by atoms with E-state index in [9.17, 15) is 0 Å². The molecule has 0 N–H and O–H groups in total. The van der Waals surface area contributed by atoms with Crippen LogP contribution in [-0.2, 0) is 0 Å². The zero-order valence-corrected chi connectivity index (χ0v) is 8.63. The lowest BCUT2D eigenvalue weighted by Gasteiger charge is -2.06. The molecule has 0 saturated carbocycles. The van der Waals surface area contributed by atoms with Crippen LogP contribution in [0.2, 0.25) is 0 Å². The van der Waals surface area contributed by atoms with Crippen LogP contribution < -0.4 is 0 Å². The Kier molecular flexibility index (Phi) is 2.89. The lowest BCUT2D eigenvalue weighted by Crippen LogP contribution is -1.99. The molecule has 2 nitrogen and oxygen atoms in total. The van der Waals surface area contributed by atoms with Crippen molar-refractivity contribution in [2.75, 3.05) is 0 Å². The highest BCUT2D eigenvalue weighted by Crippen LogP contribution is 2.10. The van der Waals surface area contributed by atoms with E-state index in [1.54, 1.807) is 12.3 Å². The first-order valence-corrected chi connectivity index (χ1v) is 4.40. The Morgan fingerprint density at radius 3 is 2.43 bits per heavy atom. The van der Waals surface area contributed by atoms with E-state index in [2.05, 4.69) is 37.6 Å². The third kappa shape index (κ3) is 3.29. The standard InChI is InChI=1S/C12H12N2/c1-12(2,3)7-6-10-4-5-11(8-13)14-9-10/h4-5,9H,1-3H3. The summed E-state index contributed by atoms with van der Waals surface area (Å²) in [5.74, 6) is 6.12. The average Bonchev–Trinajstić information content (AvgIpc) is 2.14. The topological polar surface area (TPSA) is 36.7 Å². The van der Waals surface area contributed by atoms with Gasteiger partial charge in [-0.25, -0.2) is 4.98 Å². The molecule has 0 atom stereocenters. The summed E-state index contributed by atoms with van der Waals surface area (Å²) in [5, 5.41) is 8.54. The van der Waals surface area contributed by atoms with Gasteiger partial charge in [0.2, 0.25) is 0 Å². The van der Waals surface area contributed by atoms with Crippen molar-refractivity contribution in [3.05, 3.63) is 29.6 Å².